The quantitative estimate of drug-likeness (QED) is 0.195. The van der Waals surface area contributed by atoms with Crippen LogP contribution in [0.3, 0.4) is 0 Å². The number of carbonyl (C=O) groups is 1. The maximum Gasteiger partial charge on any atom is 0.276 e. The molecule has 0 atom stereocenters. The second-order valence-corrected chi connectivity index (χ2v) is 7.84. The Morgan fingerprint density at radius 1 is 1.27 bits per heavy atom. The number of benzene rings is 2. The van der Waals surface area contributed by atoms with Crippen LogP contribution in [0.25, 0.3) is 6.08 Å². The maximum absolute atomic E-state index is 12.5. The van der Waals surface area contributed by atoms with E-state index in [1.54, 1.807) is 48.6 Å². The van der Waals surface area contributed by atoms with Gasteiger partial charge in [0, 0.05) is 12.6 Å². The first kappa shape index (κ1) is 21.5. The van der Waals surface area contributed by atoms with Crippen molar-refractivity contribution in [3.63, 3.8) is 0 Å². The maximum atomic E-state index is 12.5. The van der Waals surface area contributed by atoms with Gasteiger partial charge in [0.05, 0.1) is 22.5 Å². The van der Waals surface area contributed by atoms with Crippen molar-refractivity contribution in [2.24, 2.45) is 0 Å². The number of nitro benzene ring substituents is 1. The topological polar surface area (TPSA) is 81.9 Å². The van der Waals surface area contributed by atoms with Gasteiger partial charge in [-0.15, -0.1) is 6.58 Å². The molecule has 0 radical (unpaired) electrons. The third-order valence-corrected chi connectivity index (χ3v) is 5.62. The first-order chi connectivity index (χ1) is 14.4. The number of para-hydroxylation sites is 1. The predicted octanol–water partition coefficient (Wildman–Crippen LogP) is 4.57. The number of methoxy groups -OCH3 is 1. The summed E-state index contributed by atoms with van der Waals surface area (Å²) >= 11 is 6.47. The number of rotatable bonds is 8. The van der Waals surface area contributed by atoms with Gasteiger partial charge in [-0.1, -0.05) is 48.3 Å². The van der Waals surface area contributed by atoms with E-state index in [-0.39, 0.29) is 18.2 Å². The fraction of sp³-hybridized carbons (Fsp3) is 0.143. The zero-order valence-corrected chi connectivity index (χ0v) is 17.7. The molecule has 154 valence electrons. The van der Waals surface area contributed by atoms with Crippen molar-refractivity contribution in [2.45, 2.75) is 6.61 Å². The third kappa shape index (κ3) is 4.69. The number of thiocarbonyl (C=S) groups is 1. The molecule has 0 spiro atoms. The molecule has 1 heterocycles. The van der Waals surface area contributed by atoms with Gasteiger partial charge in [0.15, 0.2) is 11.5 Å². The molecule has 30 heavy (non-hydrogen) atoms. The molecule has 1 saturated heterocycles. The normalized spacial score (nSPS) is 14.8. The summed E-state index contributed by atoms with van der Waals surface area (Å²) in [5.41, 5.74) is 1.19. The fourth-order valence-electron chi connectivity index (χ4n) is 2.80. The molecule has 2 aromatic carbocycles. The Balaban J connectivity index is 1.79. The van der Waals surface area contributed by atoms with Crippen molar-refractivity contribution in [3.05, 3.63) is 81.3 Å². The van der Waals surface area contributed by atoms with Gasteiger partial charge in [0.1, 0.15) is 10.9 Å². The summed E-state index contributed by atoms with van der Waals surface area (Å²) in [4.78, 5) is 25.2. The van der Waals surface area contributed by atoms with Crippen LogP contribution in [0.1, 0.15) is 11.1 Å². The van der Waals surface area contributed by atoms with Gasteiger partial charge < -0.3 is 9.47 Å². The highest BCUT2D eigenvalue weighted by Gasteiger charge is 2.31. The number of nitrogens with zero attached hydrogens (tertiary/aromatic N) is 2. The van der Waals surface area contributed by atoms with E-state index in [0.717, 1.165) is 5.56 Å². The second-order valence-electron chi connectivity index (χ2n) is 6.17. The lowest BCUT2D eigenvalue weighted by Crippen LogP contribution is -2.27. The highest BCUT2D eigenvalue weighted by molar-refractivity contribution is 8.26. The SMILES string of the molecule is C=CCN1C(=O)/C(=C\c2ccc(OCc3ccccc3[N+](=O)[O-])c(OC)c2)SC1=S. The molecule has 1 amide bonds. The minimum Gasteiger partial charge on any atom is -0.493 e. The largest absolute Gasteiger partial charge is 0.493 e. The van der Waals surface area contributed by atoms with Gasteiger partial charge in [-0.05, 0) is 29.8 Å². The summed E-state index contributed by atoms with van der Waals surface area (Å²) in [5, 5.41) is 11.2. The molecule has 3 rings (SSSR count). The average molecular weight is 443 g/mol. The van der Waals surface area contributed by atoms with Crippen LogP contribution >= 0.6 is 24.0 Å². The minimum atomic E-state index is -0.443. The van der Waals surface area contributed by atoms with Crippen molar-refractivity contribution >= 4 is 46.0 Å². The van der Waals surface area contributed by atoms with E-state index >= 15 is 0 Å². The molecule has 0 bridgehead atoms. The molecule has 2 aromatic rings. The molecular weight excluding hydrogens is 424 g/mol. The smallest absolute Gasteiger partial charge is 0.276 e. The Kier molecular flexibility index (Phi) is 6.86. The summed E-state index contributed by atoms with van der Waals surface area (Å²) in [5.74, 6) is 0.719. The van der Waals surface area contributed by atoms with Gasteiger partial charge in [-0.2, -0.15) is 0 Å². The highest BCUT2D eigenvalue weighted by Crippen LogP contribution is 2.35. The minimum absolute atomic E-state index is 0.00496. The van der Waals surface area contributed by atoms with Gasteiger partial charge in [-0.3, -0.25) is 19.8 Å². The highest BCUT2D eigenvalue weighted by atomic mass is 32.2. The van der Waals surface area contributed by atoms with Crippen LogP contribution in [0.4, 0.5) is 5.69 Å². The Hall–Kier alpha value is -3.17. The van der Waals surface area contributed by atoms with E-state index in [4.69, 9.17) is 21.7 Å². The van der Waals surface area contributed by atoms with E-state index < -0.39 is 4.92 Å². The number of nitro groups is 1. The Labute approximate surface area is 183 Å². The van der Waals surface area contributed by atoms with Crippen LogP contribution in [0.2, 0.25) is 0 Å². The van der Waals surface area contributed by atoms with Crippen LogP contribution in [-0.2, 0) is 11.4 Å². The number of hydrogen-bond donors (Lipinski definition) is 0. The van der Waals surface area contributed by atoms with E-state index in [1.165, 1.54) is 29.8 Å². The van der Waals surface area contributed by atoms with Crippen molar-refractivity contribution in [2.75, 3.05) is 13.7 Å². The zero-order chi connectivity index (χ0) is 21.7. The van der Waals surface area contributed by atoms with E-state index in [9.17, 15) is 14.9 Å². The molecule has 9 heteroatoms. The standard InChI is InChI=1S/C21H18N2O5S2/c1-3-10-22-20(24)19(30-21(22)29)12-14-8-9-17(18(11-14)27-2)28-13-15-6-4-5-7-16(15)23(25)26/h3-9,11-12H,1,10,13H2,2H3/b19-12+. The molecule has 1 aliphatic rings. The number of amides is 1. The van der Waals surface area contributed by atoms with Crippen molar-refractivity contribution in [1.82, 2.24) is 4.90 Å². The predicted molar refractivity (Wildman–Crippen MR) is 120 cm³/mol. The number of hydrogen-bond acceptors (Lipinski definition) is 7. The molecule has 0 saturated carbocycles. The number of carbonyl (C=O) groups excluding carboxylic acids is 1. The van der Waals surface area contributed by atoms with Crippen molar-refractivity contribution < 1.29 is 19.2 Å². The van der Waals surface area contributed by atoms with Gasteiger partial charge in [0.25, 0.3) is 11.6 Å². The lowest BCUT2D eigenvalue weighted by atomic mass is 10.1. The van der Waals surface area contributed by atoms with Crippen LogP contribution < -0.4 is 9.47 Å². The molecule has 0 unspecified atom stereocenters. The zero-order valence-electron chi connectivity index (χ0n) is 16.1. The van der Waals surface area contributed by atoms with Crippen LogP contribution in [0.5, 0.6) is 11.5 Å². The fourth-order valence-corrected chi connectivity index (χ4v) is 4.07. The summed E-state index contributed by atoms with van der Waals surface area (Å²) in [6.07, 6.45) is 3.36. The van der Waals surface area contributed by atoms with Gasteiger partial charge >= 0.3 is 0 Å². The molecule has 7 nitrogen and oxygen atoms in total. The number of ether oxygens (including phenoxy) is 2. The summed E-state index contributed by atoms with van der Waals surface area (Å²) in [6, 6.07) is 11.6. The first-order valence-corrected chi connectivity index (χ1v) is 10.1. The van der Waals surface area contributed by atoms with Crippen LogP contribution in [-0.4, -0.2) is 33.7 Å². The van der Waals surface area contributed by atoms with Crippen LogP contribution in [0.15, 0.2) is 60.0 Å². The Morgan fingerprint density at radius 3 is 2.73 bits per heavy atom. The summed E-state index contributed by atoms with van der Waals surface area (Å²) in [7, 11) is 1.50. The molecule has 0 aliphatic carbocycles. The monoisotopic (exact) mass is 442 g/mol. The summed E-state index contributed by atoms with van der Waals surface area (Å²) < 4.78 is 11.6. The summed E-state index contributed by atoms with van der Waals surface area (Å²) in [6.45, 7) is 4.02. The van der Waals surface area contributed by atoms with Gasteiger partial charge in [-0.25, -0.2) is 0 Å². The van der Waals surface area contributed by atoms with Crippen molar-refractivity contribution in [3.8, 4) is 11.5 Å². The van der Waals surface area contributed by atoms with Gasteiger partial charge in [0.2, 0.25) is 0 Å². The molecule has 0 N–H and O–H groups in total. The van der Waals surface area contributed by atoms with Crippen molar-refractivity contribution in [1.29, 1.82) is 0 Å². The second kappa shape index (κ2) is 9.55. The molecule has 1 fully saturated rings. The first-order valence-electron chi connectivity index (χ1n) is 8.84. The Bertz CT molecular complexity index is 1050. The molecule has 0 aromatic heterocycles. The molecule has 1 aliphatic heterocycles. The third-order valence-electron chi connectivity index (χ3n) is 4.24. The Morgan fingerprint density at radius 2 is 2.03 bits per heavy atom. The van der Waals surface area contributed by atoms with Crippen LogP contribution in [0, 0.1) is 10.1 Å². The lowest BCUT2D eigenvalue weighted by Gasteiger charge is -2.12. The number of thioether (sulfide) groups is 1. The van der Waals surface area contributed by atoms with E-state index in [1.807, 2.05) is 0 Å². The molecular formula is C21H18N2O5S2. The average Bonchev–Trinajstić information content (AvgIpc) is 3.00. The van der Waals surface area contributed by atoms with E-state index in [2.05, 4.69) is 6.58 Å². The van der Waals surface area contributed by atoms with E-state index in [0.29, 0.717) is 32.8 Å². The lowest BCUT2D eigenvalue weighted by molar-refractivity contribution is -0.385.